The average molecular weight is 296 g/mol. The van der Waals surface area contributed by atoms with E-state index in [9.17, 15) is 14.7 Å². The van der Waals surface area contributed by atoms with E-state index >= 15 is 0 Å². The lowest BCUT2D eigenvalue weighted by Crippen LogP contribution is -2.45. The maximum Gasteiger partial charge on any atom is 0.309 e. The van der Waals surface area contributed by atoms with E-state index in [1.807, 2.05) is 12.2 Å². The van der Waals surface area contributed by atoms with Crippen molar-refractivity contribution in [3.8, 4) is 6.07 Å². The van der Waals surface area contributed by atoms with Crippen LogP contribution in [0, 0.1) is 36.0 Å². The summed E-state index contributed by atoms with van der Waals surface area (Å²) in [6, 6.07) is 6.60. The van der Waals surface area contributed by atoms with E-state index in [1.54, 1.807) is 25.1 Å². The number of nitriles is 1. The number of carbonyl (C=O) groups excluding carboxylic acids is 1. The van der Waals surface area contributed by atoms with Gasteiger partial charge in [0, 0.05) is 11.6 Å². The number of hydrogen-bond acceptors (Lipinski definition) is 3. The fraction of sp³-hybridized carbons (Fsp3) is 0.353. The molecule has 2 bridgehead atoms. The van der Waals surface area contributed by atoms with Crippen LogP contribution in [-0.2, 0) is 4.79 Å². The van der Waals surface area contributed by atoms with Crippen LogP contribution in [0.2, 0.25) is 0 Å². The van der Waals surface area contributed by atoms with Gasteiger partial charge in [0.15, 0.2) is 0 Å². The summed E-state index contributed by atoms with van der Waals surface area (Å²) < 4.78 is 0. The van der Waals surface area contributed by atoms with Crippen molar-refractivity contribution < 1.29 is 14.7 Å². The first-order valence-electron chi connectivity index (χ1n) is 7.24. The van der Waals surface area contributed by atoms with Crippen molar-refractivity contribution in [2.75, 3.05) is 0 Å². The van der Waals surface area contributed by atoms with E-state index < -0.39 is 11.9 Å². The first-order chi connectivity index (χ1) is 10.5. The largest absolute Gasteiger partial charge is 0.481 e. The quantitative estimate of drug-likeness (QED) is 0.833. The van der Waals surface area contributed by atoms with Crippen molar-refractivity contribution in [2.45, 2.75) is 19.4 Å². The highest BCUT2D eigenvalue weighted by molar-refractivity contribution is 5.95. The van der Waals surface area contributed by atoms with E-state index in [4.69, 9.17) is 5.26 Å². The number of allylic oxidation sites excluding steroid dienone is 1. The van der Waals surface area contributed by atoms with E-state index in [2.05, 4.69) is 11.4 Å². The Kier molecular flexibility index (Phi) is 3.45. The summed E-state index contributed by atoms with van der Waals surface area (Å²) in [6.07, 6.45) is 4.70. The molecule has 22 heavy (non-hydrogen) atoms. The standard InChI is InChI=1S/C17H16N2O3/c1-9-2-3-12(7-13(9)8-18)16(20)19-15-11-5-4-10(6-11)14(15)17(21)22/h2-5,7,10-11,14-15H,6H2,1H3,(H,19,20)(H,21,22)/t10-,11+,14+,15-/m0/s1. The molecule has 0 aliphatic heterocycles. The summed E-state index contributed by atoms with van der Waals surface area (Å²) in [5.41, 5.74) is 1.65. The van der Waals surface area contributed by atoms with Gasteiger partial charge in [0.25, 0.3) is 5.91 Å². The van der Waals surface area contributed by atoms with Crippen molar-refractivity contribution >= 4 is 11.9 Å². The number of carboxylic acids is 1. The Morgan fingerprint density at radius 1 is 1.32 bits per heavy atom. The third-order valence-electron chi connectivity index (χ3n) is 4.66. The zero-order valence-electron chi connectivity index (χ0n) is 12.1. The third kappa shape index (κ3) is 2.27. The second-order valence-electron chi connectivity index (χ2n) is 5.95. The van der Waals surface area contributed by atoms with Crippen molar-refractivity contribution in [3.63, 3.8) is 0 Å². The smallest absolute Gasteiger partial charge is 0.309 e. The Bertz CT molecular complexity index is 717. The molecule has 1 aromatic rings. The molecule has 0 heterocycles. The molecule has 1 saturated carbocycles. The number of aliphatic carboxylic acids is 1. The van der Waals surface area contributed by atoms with Gasteiger partial charge < -0.3 is 10.4 Å². The minimum Gasteiger partial charge on any atom is -0.481 e. The Morgan fingerprint density at radius 3 is 2.73 bits per heavy atom. The number of fused-ring (bicyclic) bond motifs is 2. The molecule has 0 saturated heterocycles. The van der Waals surface area contributed by atoms with Crippen molar-refractivity contribution in [1.29, 1.82) is 5.26 Å². The van der Waals surface area contributed by atoms with Crippen molar-refractivity contribution in [2.24, 2.45) is 17.8 Å². The van der Waals surface area contributed by atoms with E-state index in [0.29, 0.717) is 11.1 Å². The molecule has 4 atom stereocenters. The van der Waals surface area contributed by atoms with E-state index in [-0.39, 0.29) is 23.8 Å². The highest BCUT2D eigenvalue weighted by Gasteiger charge is 2.49. The van der Waals surface area contributed by atoms with Crippen LogP contribution >= 0.6 is 0 Å². The summed E-state index contributed by atoms with van der Waals surface area (Å²) in [6.45, 7) is 1.81. The molecule has 0 aromatic heterocycles. The van der Waals surface area contributed by atoms with Crippen LogP contribution in [0.3, 0.4) is 0 Å². The van der Waals surface area contributed by atoms with Crippen LogP contribution in [0.4, 0.5) is 0 Å². The van der Waals surface area contributed by atoms with Crippen LogP contribution in [0.5, 0.6) is 0 Å². The maximum absolute atomic E-state index is 12.4. The summed E-state index contributed by atoms with van der Waals surface area (Å²) in [5.74, 6) is -1.69. The number of benzene rings is 1. The Hall–Kier alpha value is -2.61. The molecule has 1 aromatic carbocycles. The predicted octanol–water partition coefficient (Wildman–Crippen LogP) is 1.87. The van der Waals surface area contributed by atoms with Crippen LogP contribution in [-0.4, -0.2) is 23.0 Å². The highest BCUT2D eigenvalue weighted by atomic mass is 16.4. The number of carboxylic acid groups (broad SMARTS) is 1. The van der Waals surface area contributed by atoms with Gasteiger partial charge in [-0.2, -0.15) is 5.26 Å². The number of nitrogens with one attached hydrogen (secondary N) is 1. The van der Waals surface area contributed by atoms with Crippen LogP contribution < -0.4 is 5.32 Å². The molecule has 112 valence electrons. The topological polar surface area (TPSA) is 90.2 Å². The fourth-order valence-corrected chi connectivity index (χ4v) is 3.47. The lowest BCUT2D eigenvalue weighted by atomic mass is 9.88. The Morgan fingerprint density at radius 2 is 2.05 bits per heavy atom. The number of carbonyl (C=O) groups is 2. The monoisotopic (exact) mass is 296 g/mol. The van der Waals surface area contributed by atoms with Crippen molar-refractivity contribution in [3.05, 3.63) is 47.0 Å². The number of amides is 1. The minimum atomic E-state index is -0.872. The van der Waals surface area contributed by atoms with Crippen LogP contribution in [0.25, 0.3) is 0 Å². The molecule has 2 N–H and O–H groups in total. The fourth-order valence-electron chi connectivity index (χ4n) is 3.47. The number of rotatable bonds is 3. The Labute approximate surface area is 128 Å². The lowest BCUT2D eigenvalue weighted by molar-refractivity contribution is -0.143. The van der Waals surface area contributed by atoms with Gasteiger partial charge in [-0.15, -0.1) is 0 Å². The summed E-state index contributed by atoms with van der Waals surface area (Å²) in [4.78, 5) is 23.8. The SMILES string of the molecule is Cc1ccc(C(=O)N[C@@H]2[C@H](C(=O)O)[C@H]3C=C[C@@H]2C3)cc1C#N. The number of nitrogens with zero attached hydrogens (tertiary/aromatic N) is 1. The van der Waals surface area contributed by atoms with Gasteiger partial charge in [-0.05, 0) is 42.9 Å². The normalized spacial score (nSPS) is 28.4. The lowest BCUT2D eigenvalue weighted by Gasteiger charge is -2.25. The van der Waals surface area contributed by atoms with Gasteiger partial charge >= 0.3 is 5.97 Å². The van der Waals surface area contributed by atoms with Crippen LogP contribution in [0.15, 0.2) is 30.4 Å². The van der Waals surface area contributed by atoms with E-state index in [1.165, 1.54) is 0 Å². The van der Waals surface area contributed by atoms with Gasteiger partial charge in [-0.3, -0.25) is 9.59 Å². The average Bonchev–Trinajstić information content (AvgIpc) is 3.08. The van der Waals surface area contributed by atoms with Gasteiger partial charge in [0.05, 0.1) is 17.6 Å². The molecule has 0 radical (unpaired) electrons. The van der Waals surface area contributed by atoms with E-state index in [0.717, 1.165) is 12.0 Å². The summed E-state index contributed by atoms with van der Waals surface area (Å²) in [5, 5.41) is 21.3. The minimum absolute atomic E-state index is 0.000451. The summed E-state index contributed by atoms with van der Waals surface area (Å²) >= 11 is 0. The van der Waals surface area contributed by atoms with Gasteiger partial charge in [-0.1, -0.05) is 18.2 Å². The molecule has 3 rings (SSSR count). The molecule has 2 aliphatic carbocycles. The Balaban J connectivity index is 1.81. The molecule has 0 spiro atoms. The van der Waals surface area contributed by atoms with Crippen molar-refractivity contribution in [1.82, 2.24) is 5.32 Å². The first kappa shape index (κ1) is 14.3. The van der Waals surface area contributed by atoms with Gasteiger partial charge in [0.1, 0.15) is 0 Å². The zero-order valence-corrected chi connectivity index (χ0v) is 12.1. The molecule has 1 amide bonds. The predicted molar refractivity (Wildman–Crippen MR) is 79.0 cm³/mol. The molecule has 2 aliphatic rings. The summed E-state index contributed by atoms with van der Waals surface area (Å²) in [7, 11) is 0. The third-order valence-corrected chi connectivity index (χ3v) is 4.66. The molecule has 5 nitrogen and oxygen atoms in total. The zero-order chi connectivity index (χ0) is 15.9. The van der Waals surface area contributed by atoms with Crippen LogP contribution in [0.1, 0.15) is 27.9 Å². The van der Waals surface area contributed by atoms with Gasteiger partial charge in [-0.25, -0.2) is 0 Å². The molecular weight excluding hydrogens is 280 g/mol. The maximum atomic E-state index is 12.4. The first-order valence-corrected chi connectivity index (χ1v) is 7.24. The second kappa shape index (κ2) is 5.30. The molecule has 5 heteroatoms. The molecular formula is C17H16N2O3. The molecule has 1 fully saturated rings. The number of aryl methyl sites for hydroxylation is 1. The van der Waals surface area contributed by atoms with Gasteiger partial charge in [0.2, 0.25) is 0 Å². The number of hydrogen-bond donors (Lipinski definition) is 2. The molecule has 0 unspecified atom stereocenters. The highest BCUT2D eigenvalue weighted by Crippen LogP contribution is 2.43. The second-order valence-corrected chi connectivity index (χ2v) is 5.95.